The summed E-state index contributed by atoms with van der Waals surface area (Å²) in [6, 6.07) is 12.3. The number of carbonyl (C=O) groups excluding carboxylic acids is 2. The summed E-state index contributed by atoms with van der Waals surface area (Å²) in [7, 11) is 0. The first kappa shape index (κ1) is 18.7. The van der Waals surface area contributed by atoms with Crippen molar-refractivity contribution >= 4 is 45.1 Å². The zero-order chi connectivity index (χ0) is 19.8. The second kappa shape index (κ2) is 7.37. The summed E-state index contributed by atoms with van der Waals surface area (Å²) in [5.41, 5.74) is 2.71. The molecule has 3 aromatic rings. The molecule has 1 aliphatic heterocycles. The first-order valence-electron chi connectivity index (χ1n) is 8.53. The molecule has 0 spiro atoms. The molecule has 0 unspecified atom stereocenters. The predicted octanol–water partition coefficient (Wildman–Crippen LogP) is 5.96. The molecule has 4 nitrogen and oxygen atoms in total. The van der Waals surface area contributed by atoms with Crippen LogP contribution in [0.15, 0.2) is 58.1 Å². The average Bonchev–Trinajstić information content (AvgIpc) is 3.19. The van der Waals surface area contributed by atoms with Crippen molar-refractivity contribution in [1.29, 1.82) is 0 Å². The van der Waals surface area contributed by atoms with Gasteiger partial charge in [0.25, 0.3) is 0 Å². The number of ether oxygens (including phenoxy) is 2. The van der Waals surface area contributed by atoms with Crippen molar-refractivity contribution in [2.45, 2.75) is 13.8 Å². The Hall–Kier alpha value is -2.70. The van der Waals surface area contributed by atoms with Gasteiger partial charge < -0.3 is 9.47 Å². The second-order valence-corrected chi connectivity index (χ2v) is 8.19. The van der Waals surface area contributed by atoms with Gasteiger partial charge in [0.1, 0.15) is 11.5 Å². The summed E-state index contributed by atoms with van der Waals surface area (Å²) in [5.74, 6) is 0.363. The molecule has 0 aliphatic carbocycles. The van der Waals surface area contributed by atoms with E-state index in [-0.39, 0.29) is 11.5 Å². The normalized spacial score (nSPS) is 14.1. The highest BCUT2D eigenvalue weighted by Crippen LogP contribution is 2.38. The van der Waals surface area contributed by atoms with E-state index < -0.39 is 5.97 Å². The van der Waals surface area contributed by atoms with Crippen molar-refractivity contribution in [3.63, 3.8) is 0 Å². The summed E-state index contributed by atoms with van der Waals surface area (Å²) in [5, 5.41) is 1.97. The van der Waals surface area contributed by atoms with E-state index in [2.05, 4.69) is 15.9 Å². The van der Waals surface area contributed by atoms with Crippen LogP contribution >= 0.6 is 27.3 Å². The lowest BCUT2D eigenvalue weighted by molar-refractivity contribution is 0.0733. The summed E-state index contributed by atoms with van der Waals surface area (Å²) in [6.45, 7) is 3.79. The van der Waals surface area contributed by atoms with E-state index >= 15 is 0 Å². The van der Waals surface area contributed by atoms with Crippen LogP contribution in [-0.4, -0.2) is 11.8 Å². The average molecular weight is 455 g/mol. The molecular formula is C22H15BrO4S. The Balaban J connectivity index is 1.63. The standard InChI is InChI=1S/C22H15BrO4S/c1-12-7-8-28-19(12)11-18-21(24)20-13(2)9-14(10-17(20)27-18)26-22(25)15-5-3-4-6-16(15)23/h3-11H,1-2H3/b18-11-. The van der Waals surface area contributed by atoms with Crippen LogP contribution in [0.2, 0.25) is 0 Å². The number of hydrogen-bond acceptors (Lipinski definition) is 5. The number of halogens is 1. The highest BCUT2D eigenvalue weighted by Gasteiger charge is 2.30. The van der Waals surface area contributed by atoms with Gasteiger partial charge in [0.2, 0.25) is 5.78 Å². The maximum atomic E-state index is 12.8. The minimum Gasteiger partial charge on any atom is -0.452 e. The fourth-order valence-corrected chi connectivity index (χ4v) is 4.27. The first-order chi connectivity index (χ1) is 13.4. The second-order valence-electron chi connectivity index (χ2n) is 6.39. The third kappa shape index (κ3) is 3.41. The van der Waals surface area contributed by atoms with E-state index in [1.165, 1.54) is 0 Å². The summed E-state index contributed by atoms with van der Waals surface area (Å²) in [6.07, 6.45) is 1.76. The molecule has 140 valence electrons. The molecule has 0 amide bonds. The lowest BCUT2D eigenvalue weighted by atomic mass is 10.0. The molecule has 4 rings (SSSR count). The van der Waals surface area contributed by atoms with Crippen molar-refractivity contribution in [2.75, 3.05) is 0 Å². The van der Waals surface area contributed by atoms with E-state index in [0.717, 1.165) is 10.4 Å². The number of allylic oxidation sites excluding steroid dienone is 1. The molecule has 2 heterocycles. The van der Waals surface area contributed by atoms with E-state index in [0.29, 0.717) is 32.7 Å². The van der Waals surface area contributed by atoms with Gasteiger partial charge in [-0.3, -0.25) is 4.79 Å². The number of aryl methyl sites for hydroxylation is 2. The molecule has 0 atom stereocenters. The number of rotatable bonds is 3. The molecule has 0 saturated heterocycles. The zero-order valence-electron chi connectivity index (χ0n) is 15.1. The van der Waals surface area contributed by atoms with Crippen LogP contribution in [0.1, 0.15) is 36.7 Å². The van der Waals surface area contributed by atoms with Crippen LogP contribution < -0.4 is 9.47 Å². The van der Waals surface area contributed by atoms with Gasteiger partial charge >= 0.3 is 5.97 Å². The lowest BCUT2D eigenvalue weighted by Gasteiger charge is -2.08. The van der Waals surface area contributed by atoms with Crippen LogP contribution in [0, 0.1) is 13.8 Å². The monoisotopic (exact) mass is 454 g/mol. The Morgan fingerprint density at radius 3 is 2.64 bits per heavy atom. The largest absolute Gasteiger partial charge is 0.452 e. The van der Waals surface area contributed by atoms with Crippen molar-refractivity contribution in [1.82, 2.24) is 0 Å². The van der Waals surface area contributed by atoms with E-state index in [9.17, 15) is 9.59 Å². The maximum Gasteiger partial charge on any atom is 0.344 e. The van der Waals surface area contributed by atoms with Crippen LogP contribution in [-0.2, 0) is 0 Å². The van der Waals surface area contributed by atoms with Gasteiger partial charge in [0.05, 0.1) is 11.1 Å². The number of thiophene rings is 1. The van der Waals surface area contributed by atoms with Crippen LogP contribution in [0.3, 0.4) is 0 Å². The summed E-state index contributed by atoms with van der Waals surface area (Å²) in [4.78, 5) is 26.2. The molecule has 0 N–H and O–H groups in total. The molecule has 2 aromatic carbocycles. The highest BCUT2D eigenvalue weighted by atomic mass is 79.9. The molecule has 1 aliphatic rings. The number of fused-ring (bicyclic) bond motifs is 1. The number of ketones is 1. The number of Topliss-reactive ketones (excluding diaryl/α,β-unsaturated/α-hetero) is 1. The number of carbonyl (C=O) groups is 2. The van der Waals surface area contributed by atoms with Gasteiger partial charge in [-0.05, 0) is 70.5 Å². The number of hydrogen-bond donors (Lipinski definition) is 0. The van der Waals surface area contributed by atoms with Crippen LogP contribution in [0.5, 0.6) is 11.5 Å². The molecule has 1 aromatic heterocycles. The van der Waals surface area contributed by atoms with Gasteiger partial charge in [-0.25, -0.2) is 4.79 Å². The highest BCUT2D eigenvalue weighted by molar-refractivity contribution is 9.10. The molecule has 0 saturated carbocycles. The van der Waals surface area contributed by atoms with E-state index in [1.807, 2.05) is 24.4 Å². The minimum atomic E-state index is -0.485. The third-order valence-electron chi connectivity index (χ3n) is 4.41. The van der Waals surface area contributed by atoms with Gasteiger partial charge in [0.15, 0.2) is 5.76 Å². The summed E-state index contributed by atoms with van der Waals surface area (Å²) < 4.78 is 12.0. The molecule has 0 radical (unpaired) electrons. The van der Waals surface area contributed by atoms with E-state index in [4.69, 9.17) is 9.47 Å². The number of benzene rings is 2. The van der Waals surface area contributed by atoms with Crippen LogP contribution in [0.25, 0.3) is 6.08 Å². The smallest absolute Gasteiger partial charge is 0.344 e. The van der Waals surface area contributed by atoms with Crippen molar-refractivity contribution in [2.24, 2.45) is 0 Å². The Kier molecular flexibility index (Phi) is 4.91. The van der Waals surface area contributed by atoms with Gasteiger partial charge in [-0.15, -0.1) is 11.3 Å². The lowest BCUT2D eigenvalue weighted by Crippen LogP contribution is -2.09. The third-order valence-corrected chi connectivity index (χ3v) is 6.07. The quantitative estimate of drug-likeness (QED) is 0.278. The molecule has 0 bridgehead atoms. The van der Waals surface area contributed by atoms with Crippen LogP contribution in [0.4, 0.5) is 0 Å². The van der Waals surface area contributed by atoms with Gasteiger partial charge in [-0.1, -0.05) is 12.1 Å². The Morgan fingerprint density at radius 1 is 1.14 bits per heavy atom. The SMILES string of the molecule is Cc1ccsc1/C=C1\Oc2cc(OC(=O)c3ccccc3Br)cc(C)c2C1=O. The summed E-state index contributed by atoms with van der Waals surface area (Å²) >= 11 is 4.90. The van der Waals surface area contributed by atoms with Crippen molar-refractivity contribution in [3.8, 4) is 11.5 Å². The molecule has 0 fully saturated rings. The zero-order valence-corrected chi connectivity index (χ0v) is 17.5. The topological polar surface area (TPSA) is 52.6 Å². The van der Waals surface area contributed by atoms with Crippen molar-refractivity contribution in [3.05, 3.63) is 85.2 Å². The molecule has 6 heteroatoms. The Labute approximate surface area is 174 Å². The first-order valence-corrected chi connectivity index (χ1v) is 10.2. The Bertz CT molecular complexity index is 1140. The molecular weight excluding hydrogens is 440 g/mol. The number of esters is 1. The maximum absolute atomic E-state index is 12.8. The Morgan fingerprint density at radius 2 is 1.93 bits per heavy atom. The fraction of sp³-hybridized carbons (Fsp3) is 0.0909. The molecule has 28 heavy (non-hydrogen) atoms. The van der Waals surface area contributed by atoms with Crippen molar-refractivity contribution < 1.29 is 19.1 Å². The van der Waals surface area contributed by atoms with Gasteiger partial charge in [0, 0.05) is 21.5 Å². The van der Waals surface area contributed by atoms with E-state index in [1.54, 1.807) is 54.7 Å². The predicted molar refractivity (Wildman–Crippen MR) is 112 cm³/mol. The van der Waals surface area contributed by atoms with Gasteiger partial charge in [-0.2, -0.15) is 0 Å². The minimum absolute atomic E-state index is 0.163. The fourth-order valence-electron chi connectivity index (χ4n) is 2.98.